The highest BCUT2D eigenvalue weighted by molar-refractivity contribution is 5.95. The van der Waals surface area contributed by atoms with Gasteiger partial charge >= 0.3 is 0 Å². The minimum absolute atomic E-state index is 0.110. The molecule has 24 heavy (non-hydrogen) atoms. The Morgan fingerprint density at radius 1 is 1.08 bits per heavy atom. The molecular weight excluding hydrogens is 311 g/mol. The molecule has 6 heteroatoms. The van der Waals surface area contributed by atoms with E-state index in [9.17, 15) is 14.0 Å². The van der Waals surface area contributed by atoms with E-state index in [-0.39, 0.29) is 5.56 Å². The summed E-state index contributed by atoms with van der Waals surface area (Å²) in [5.41, 5.74) is 6.61. The molecular formula is C18H19FN2O3. The summed E-state index contributed by atoms with van der Waals surface area (Å²) in [5, 5.41) is 0. The summed E-state index contributed by atoms with van der Waals surface area (Å²) < 4.78 is 18.7. The number of hydrogen-bond acceptors (Lipinski definition) is 3. The van der Waals surface area contributed by atoms with Crippen molar-refractivity contribution in [1.29, 1.82) is 0 Å². The van der Waals surface area contributed by atoms with Crippen LogP contribution in [0.1, 0.15) is 28.4 Å². The van der Waals surface area contributed by atoms with E-state index in [0.717, 1.165) is 17.2 Å². The maximum absolute atomic E-state index is 13.1. The minimum Gasteiger partial charge on any atom is -0.481 e. The van der Waals surface area contributed by atoms with E-state index in [1.165, 1.54) is 18.2 Å². The van der Waals surface area contributed by atoms with E-state index >= 15 is 0 Å². The van der Waals surface area contributed by atoms with Gasteiger partial charge in [-0.1, -0.05) is 18.2 Å². The van der Waals surface area contributed by atoms with Crippen LogP contribution in [0.2, 0.25) is 0 Å². The Morgan fingerprint density at radius 3 is 2.50 bits per heavy atom. The maximum Gasteiger partial charge on any atom is 0.279 e. The van der Waals surface area contributed by atoms with Gasteiger partial charge in [0.1, 0.15) is 11.6 Å². The summed E-state index contributed by atoms with van der Waals surface area (Å²) in [6.07, 6.45) is -0.807. The molecule has 126 valence electrons. The first-order chi connectivity index (χ1) is 11.4. The lowest BCUT2D eigenvalue weighted by molar-refractivity contribution is -0.128. The highest BCUT2D eigenvalue weighted by Gasteiger charge is 2.17. The molecule has 0 heterocycles. The SMILES string of the molecule is Cc1cccc(OC(C)C(=O)NNC(=O)c2cccc(F)c2)c1C. The van der Waals surface area contributed by atoms with E-state index in [0.29, 0.717) is 5.75 Å². The number of rotatable bonds is 4. The van der Waals surface area contributed by atoms with Gasteiger partial charge < -0.3 is 4.74 Å². The molecule has 5 nitrogen and oxygen atoms in total. The molecule has 0 saturated carbocycles. The Labute approximate surface area is 139 Å². The predicted molar refractivity (Wildman–Crippen MR) is 88.0 cm³/mol. The van der Waals surface area contributed by atoms with Crippen molar-refractivity contribution in [1.82, 2.24) is 10.9 Å². The number of carbonyl (C=O) groups excluding carboxylic acids is 2. The summed E-state index contributed by atoms with van der Waals surface area (Å²) >= 11 is 0. The van der Waals surface area contributed by atoms with Gasteiger partial charge in [0.2, 0.25) is 0 Å². The Bertz CT molecular complexity index is 762. The molecule has 0 radical (unpaired) electrons. The third-order valence-corrected chi connectivity index (χ3v) is 3.61. The average Bonchev–Trinajstić information content (AvgIpc) is 2.56. The molecule has 0 aliphatic carbocycles. The van der Waals surface area contributed by atoms with Crippen molar-refractivity contribution in [3.8, 4) is 5.75 Å². The molecule has 2 N–H and O–H groups in total. The normalized spacial score (nSPS) is 11.5. The van der Waals surface area contributed by atoms with Crippen LogP contribution in [0.5, 0.6) is 5.75 Å². The summed E-state index contributed by atoms with van der Waals surface area (Å²) in [5.74, 6) is -1.04. The second-order valence-corrected chi connectivity index (χ2v) is 5.41. The van der Waals surface area contributed by atoms with Gasteiger partial charge in [-0.15, -0.1) is 0 Å². The molecule has 2 aromatic carbocycles. The molecule has 2 aromatic rings. The first-order valence-electron chi connectivity index (χ1n) is 7.47. The number of ether oxygens (including phenoxy) is 1. The minimum atomic E-state index is -0.807. The highest BCUT2D eigenvalue weighted by Crippen LogP contribution is 2.21. The molecule has 2 amide bonds. The van der Waals surface area contributed by atoms with Gasteiger partial charge in [-0.25, -0.2) is 4.39 Å². The van der Waals surface area contributed by atoms with Crippen molar-refractivity contribution in [3.63, 3.8) is 0 Å². The third-order valence-electron chi connectivity index (χ3n) is 3.61. The monoisotopic (exact) mass is 330 g/mol. The topological polar surface area (TPSA) is 67.4 Å². The number of hydrogen-bond donors (Lipinski definition) is 2. The lowest BCUT2D eigenvalue weighted by Crippen LogP contribution is -2.47. The smallest absolute Gasteiger partial charge is 0.279 e. The van der Waals surface area contributed by atoms with Crippen molar-refractivity contribution in [2.75, 3.05) is 0 Å². The molecule has 0 aliphatic heterocycles. The van der Waals surface area contributed by atoms with Crippen molar-refractivity contribution < 1.29 is 18.7 Å². The van der Waals surface area contributed by atoms with Crippen LogP contribution in [0.15, 0.2) is 42.5 Å². The fourth-order valence-corrected chi connectivity index (χ4v) is 2.02. The summed E-state index contributed by atoms with van der Waals surface area (Å²) in [6, 6.07) is 10.7. The molecule has 1 atom stereocenters. The molecule has 0 aromatic heterocycles. The van der Waals surface area contributed by atoms with E-state index in [4.69, 9.17) is 4.74 Å². The Balaban J connectivity index is 1.92. The van der Waals surface area contributed by atoms with E-state index in [1.807, 2.05) is 26.0 Å². The number of carbonyl (C=O) groups is 2. The molecule has 0 bridgehead atoms. The van der Waals surface area contributed by atoms with Gasteiger partial charge in [0.05, 0.1) is 0 Å². The number of benzene rings is 2. The average molecular weight is 330 g/mol. The van der Waals surface area contributed by atoms with Crippen LogP contribution in [-0.4, -0.2) is 17.9 Å². The fourth-order valence-electron chi connectivity index (χ4n) is 2.02. The number of amides is 2. The van der Waals surface area contributed by atoms with Gasteiger partial charge in [-0.05, 0) is 56.2 Å². The van der Waals surface area contributed by atoms with E-state index in [2.05, 4.69) is 10.9 Å². The third kappa shape index (κ3) is 4.32. The molecule has 0 spiro atoms. The zero-order chi connectivity index (χ0) is 17.7. The van der Waals surface area contributed by atoms with Crippen molar-refractivity contribution in [3.05, 3.63) is 65.0 Å². The van der Waals surface area contributed by atoms with Gasteiger partial charge in [-0.2, -0.15) is 0 Å². The van der Waals surface area contributed by atoms with Crippen LogP contribution in [0.25, 0.3) is 0 Å². The van der Waals surface area contributed by atoms with E-state index in [1.54, 1.807) is 13.0 Å². The molecule has 0 saturated heterocycles. The Morgan fingerprint density at radius 2 is 1.79 bits per heavy atom. The quantitative estimate of drug-likeness (QED) is 0.847. The van der Waals surface area contributed by atoms with Crippen LogP contribution in [0.3, 0.4) is 0 Å². The largest absolute Gasteiger partial charge is 0.481 e. The summed E-state index contributed by atoms with van der Waals surface area (Å²) in [4.78, 5) is 23.9. The van der Waals surface area contributed by atoms with Gasteiger partial charge in [0.15, 0.2) is 6.10 Å². The zero-order valence-electron chi connectivity index (χ0n) is 13.7. The lowest BCUT2D eigenvalue weighted by Gasteiger charge is -2.17. The first-order valence-corrected chi connectivity index (χ1v) is 7.47. The molecule has 0 aliphatic rings. The van der Waals surface area contributed by atoms with Crippen LogP contribution in [0, 0.1) is 19.7 Å². The van der Waals surface area contributed by atoms with Gasteiger partial charge in [0.25, 0.3) is 11.8 Å². The summed E-state index contributed by atoms with van der Waals surface area (Å²) in [6.45, 7) is 5.43. The maximum atomic E-state index is 13.1. The van der Waals surface area contributed by atoms with Gasteiger partial charge in [0, 0.05) is 5.56 Å². The first kappa shape index (κ1) is 17.5. The zero-order valence-corrected chi connectivity index (χ0v) is 13.7. The second-order valence-electron chi connectivity index (χ2n) is 5.41. The Hall–Kier alpha value is -2.89. The van der Waals surface area contributed by atoms with Gasteiger partial charge in [-0.3, -0.25) is 20.4 Å². The summed E-state index contributed by atoms with van der Waals surface area (Å²) in [7, 11) is 0. The molecule has 2 rings (SSSR count). The molecule has 1 unspecified atom stereocenters. The van der Waals surface area contributed by atoms with Crippen LogP contribution >= 0.6 is 0 Å². The highest BCUT2D eigenvalue weighted by atomic mass is 19.1. The standard InChI is InChI=1S/C18H19FN2O3/c1-11-6-4-9-16(12(11)2)24-13(3)17(22)20-21-18(23)14-7-5-8-15(19)10-14/h4-10,13H,1-3H3,(H,20,22)(H,21,23). The van der Waals surface area contributed by atoms with Crippen LogP contribution in [-0.2, 0) is 4.79 Å². The van der Waals surface area contributed by atoms with Crippen molar-refractivity contribution in [2.24, 2.45) is 0 Å². The van der Waals surface area contributed by atoms with E-state index < -0.39 is 23.7 Å². The van der Waals surface area contributed by atoms with Crippen LogP contribution < -0.4 is 15.6 Å². The second kappa shape index (κ2) is 7.59. The fraction of sp³-hybridized carbons (Fsp3) is 0.222. The Kier molecular flexibility index (Phi) is 5.52. The molecule has 0 fully saturated rings. The number of hydrazine groups is 1. The number of nitrogens with one attached hydrogen (secondary N) is 2. The lowest BCUT2D eigenvalue weighted by atomic mass is 10.1. The number of aryl methyl sites for hydroxylation is 1. The van der Waals surface area contributed by atoms with Crippen LogP contribution in [0.4, 0.5) is 4.39 Å². The number of halogens is 1. The predicted octanol–water partition coefficient (Wildman–Crippen LogP) is 2.67. The van der Waals surface area contributed by atoms with Crippen molar-refractivity contribution in [2.45, 2.75) is 26.9 Å². The van der Waals surface area contributed by atoms with Crippen molar-refractivity contribution >= 4 is 11.8 Å².